The molecule has 31 heavy (non-hydrogen) atoms. The second kappa shape index (κ2) is 7.65. The molecule has 2 aromatic heterocycles. The number of pyridine rings is 1. The van der Waals surface area contributed by atoms with E-state index in [1.807, 2.05) is 0 Å². The first-order chi connectivity index (χ1) is 14.9. The summed E-state index contributed by atoms with van der Waals surface area (Å²) in [5.41, 5.74) is 0.296. The molecule has 1 aliphatic carbocycles. The molecule has 1 saturated carbocycles. The molecule has 2 amide bonds. The predicted molar refractivity (Wildman–Crippen MR) is 111 cm³/mol. The topological polar surface area (TPSA) is 88.3 Å². The Hall–Kier alpha value is -2.91. The summed E-state index contributed by atoms with van der Waals surface area (Å²) in [4.78, 5) is 19.2. The predicted octanol–water partition coefficient (Wildman–Crippen LogP) is 5.12. The minimum Gasteiger partial charge on any atom is -0.450 e. The second-order valence-electron chi connectivity index (χ2n) is 7.89. The quantitative estimate of drug-likeness (QED) is 0.517. The van der Waals surface area contributed by atoms with Crippen LogP contribution in [0, 0.1) is 11.6 Å². The van der Waals surface area contributed by atoms with Crippen LogP contribution in [-0.4, -0.2) is 34.2 Å². The largest absolute Gasteiger partial charge is 0.450 e. The van der Waals surface area contributed by atoms with Crippen LogP contribution in [0.3, 0.4) is 0 Å². The molecule has 1 aliphatic heterocycles. The fraction of sp³-hybridized carbons (Fsp3) is 0.333. The second-order valence-corrected chi connectivity index (χ2v) is 8.29. The first kappa shape index (κ1) is 20.0. The Bertz CT molecular complexity index is 1140. The molecule has 5 rings (SSSR count). The third-order valence-corrected chi connectivity index (χ3v) is 6.06. The third kappa shape index (κ3) is 3.79. The van der Waals surface area contributed by atoms with Gasteiger partial charge in [0, 0.05) is 30.2 Å². The van der Waals surface area contributed by atoms with E-state index in [1.165, 1.54) is 18.5 Å². The maximum atomic E-state index is 14.6. The van der Waals surface area contributed by atoms with Crippen molar-refractivity contribution in [3.05, 3.63) is 47.2 Å². The Morgan fingerprint density at radius 3 is 2.77 bits per heavy atom. The molecule has 10 heteroatoms. The number of carbonyl (C=O) groups excluding carboxylic acids is 1. The molecule has 7 nitrogen and oxygen atoms in total. The van der Waals surface area contributed by atoms with E-state index < -0.39 is 23.4 Å². The summed E-state index contributed by atoms with van der Waals surface area (Å²) in [7, 11) is 0. The normalized spacial score (nSPS) is 19.4. The van der Waals surface area contributed by atoms with Gasteiger partial charge >= 0.3 is 6.03 Å². The first-order valence-electron chi connectivity index (χ1n) is 9.92. The number of aromatic nitrogens is 2. The lowest BCUT2D eigenvalue weighted by atomic mass is 9.77. The Labute approximate surface area is 181 Å². The number of hydrogen-bond acceptors (Lipinski definition) is 4. The van der Waals surface area contributed by atoms with Crippen LogP contribution in [0.2, 0.25) is 5.02 Å². The molecule has 1 spiro atoms. The minimum atomic E-state index is -0.968. The summed E-state index contributed by atoms with van der Waals surface area (Å²) < 4.78 is 40.5. The number of H-pyrrole nitrogens is 1. The van der Waals surface area contributed by atoms with Crippen molar-refractivity contribution in [2.75, 3.05) is 11.9 Å². The van der Waals surface area contributed by atoms with Gasteiger partial charge in [-0.3, -0.25) is 0 Å². The van der Waals surface area contributed by atoms with Crippen molar-refractivity contribution >= 4 is 34.4 Å². The maximum absolute atomic E-state index is 14.6. The molecule has 1 aromatic carbocycles. The number of carbonyl (C=O) groups is 1. The number of anilines is 1. The van der Waals surface area contributed by atoms with E-state index in [0.717, 1.165) is 37.8 Å². The maximum Gasteiger partial charge on any atom is 0.319 e. The summed E-state index contributed by atoms with van der Waals surface area (Å²) >= 11 is 6.10. The van der Waals surface area contributed by atoms with E-state index in [1.54, 1.807) is 0 Å². The van der Waals surface area contributed by atoms with Gasteiger partial charge in [0.15, 0.2) is 17.4 Å². The van der Waals surface area contributed by atoms with Crippen molar-refractivity contribution < 1.29 is 23.0 Å². The first-order valence-corrected chi connectivity index (χ1v) is 10.3. The Morgan fingerprint density at radius 1 is 1.32 bits per heavy atom. The van der Waals surface area contributed by atoms with Crippen LogP contribution in [-0.2, 0) is 4.74 Å². The molecule has 162 valence electrons. The lowest BCUT2D eigenvalue weighted by molar-refractivity contribution is -0.0563. The smallest absolute Gasteiger partial charge is 0.319 e. The van der Waals surface area contributed by atoms with Crippen LogP contribution < -0.4 is 15.4 Å². The van der Waals surface area contributed by atoms with Crippen LogP contribution >= 0.6 is 11.6 Å². The Balaban J connectivity index is 1.29. The lowest BCUT2D eigenvalue weighted by Crippen LogP contribution is -2.41. The zero-order chi connectivity index (χ0) is 21.6. The molecule has 3 N–H and O–H groups in total. The standard InChI is InChI=1S/C21H19ClF2N4O3/c22-13-9-26-19-17(13)16(2-5-25-19)31-18-14(23)6-11(7-15(18)24)27-20(29)28-12-8-21(30-10-12)3-1-4-21/h2,5-7,9,12H,1,3-4,8,10H2,(H,25,26)(H2,27,28,29). The third-order valence-electron chi connectivity index (χ3n) is 5.76. The number of rotatable bonds is 4. The number of ether oxygens (including phenoxy) is 2. The summed E-state index contributed by atoms with van der Waals surface area (Å²) in [5, 5.41) is 5.98. The van der Waals surface area contributed by atoms with Gasteiger partial charge in [-0.25, -0.2) is 18.6 Å². The molecule has 0 bridgehead atoms. The molecule has 2 aliphatic rings. The van der Waals surface area contributed by atoms with Crippen LogP contribution in [0.5, 0.6) is 11.5 Å². The molecular formula is C21H19ClF2N4O3. The minimum absolute atomic E-state index is 0.0309. The highest BCUT2D eigenvalue weighted by atomic mass is 35.5. The number of benzene rings is 1. The molecule has 1 unspecified atom stereocenters. The van der Waals surface area contributed by atoms with Gasteiger partial charge in [-0.15, -0.1) is 0 Å². The van der Waals surface area contributed by atoms with Crippen molar-refractivity contribution in [1.82, 2.24) is 15.3 Å². The van der Waals surface area contributed by atoms with Crippen LogP contribution in [0.4, 0.5) is 19.3 Å². The highest BCUT2D eigenvalue weighted by molar-refractivity contribution is 6.36. The molecule has 2 fully saturated rings. The van der Waals surface area contributed by atoms with Crippen molar-refractivity contribution in [2.45, 2.75) is 37.3 Å². The van der Waals surface area contributed by atoms with Gasteiger partial charge in [0.25, 0.3) is 0 Å². The van der Waals surface area contributed by atoms with Gasteiger partial charge in [0.1, 0.15) is 11.4 Å². The number of nitrogens with zero attached hydrogens (tertiary/aromatic N) is 1. The zero-order valence-electron chi connectivity index (χ0n) is 16.3. The molecule has 1 atom stereocenters. The lowest BCUT2D eigenvalue weighted by Gasteiger charge is -2.37. The molecule has 3 heterocycles. The van der Waals surface area contributed by atoms with Crippen molar-refractivity contribution in [3.8, 4) is 11.5 Å². The number of amides is 2. The zero-order valence-corrected chi connectivity index (χ0v) is 17.1. The number of halogens is 3. The number of urea groups is 1. The van der Waals surface area contributed by atoms with Gasteiger partial charge < -0.3 is 25.1 Å². The summed E-state index contributed by atoms with van der Waals surface area (Å²) in [6, 6.07) is 2.77. The van der Waals surface area contributed by atoms with Crippen molar-refractivity contribution in [2.24, 2.45) is 0 Å². The number of hydrogen-bond donors (Lipinski definition) is 3. The molecular weight excluding hydrogens is 430 g/mol. The SMILES string of the molecule is O=C(Nc1cc(F)c(Oc2ccnc3[nH]cc(Cl)c23)c(F)c1)NC1COC2(CCC2)C1. The van der Waals surface area contributed by atoms with Crippen molar-refractivity contribution in [3.63, 3.8) is 0 Å². The molecule has 0 radical (unpaired) electrons. The van der Waals surface area contributed by atoms with E-state index in [2.05, 4.69) is 20.6 Å². The van der Waals surface area contributed by atoms with Gasteiger partial charge in [-0.1, -0.05) is 11.6 Å². The number of fused-ring (bicyclic) bond motifs is 1. The fourth-order valence-corrected chi connectivity index (χ4v) is 4.36. The van der Waals surface area contributed by atoms with Crippen molar-refractivity contribution in [1.29, 1.82) is 0 Å². The highest BCUT2D eigenvalue weighted by Gasteiger charge is 2.45. The molecule has 1 saturated heterocycles. The van der Waals surface area contributed by atoms with E-state index in [4.69, 9.17) is 21.1 Å². The van der Waals surface area contributed by atoms with E-state index in [9.17, 15) is 13.6 Å². The van der Waals surface area contributed by atoms with Gasteiger partial charge in [-0.2, -0.15) is 0 Å². The highest BCUT2D eigenvalue weighted by Crippen LogP contribution is 2.43. The number of nitrogens with one attached hydrogen (secondary N) is 3. The summed E-state index contributed by atoms with van der Waals surface area (Å²) in [5.74, 6) is -2.39. The Kier molecular flexibility index (Phi) is 4.94. The average Bonchev–Trinajstić information content (AvgIpc) is 3.29. The fourth-order valence-electron chi connectivity index (χ4n) is 4.12. The Morgan fingerprint density at radius 2 is 2.10 bits per heavy atom. The van der Waals surface area contributed by atoms with Crippen LogP contribution in [0.15, 0.2) is 30.6 Å². The van der Waals surface area contributed by atoms with E-state index in [0.29, 0.717) is 22.7 Å². The van der Waals surface area contributed by atoms with Gasteiger partial charge in [0.05, 0.1) is 28.7 Å². The van der Waals surface area contributed by atoms with Gasteiger partial charge in [0.2, 0.25) is 0 Å². The van der Waals surface area contributed by atoms with Gasteiger partial charge in [-0.05, 0) is 31.7 Å². The van der Waals surface area contributed by atoms with E-state index in [-0.39, 0.29) is 23.1 Å². The van der Waals surface area contributed by atoms with E-state index >= 15 is 0 Å². The summed E-state index contributed by atoms with van der Waals surface area (Å²) in [6.07, 6.45) is 6.82. The van der Waals surface area contributed by atoms with Crippen LogP contribution in [0.25, 0.3) is 11.0 Å². The monoisotopic (exact) mass is 448 g/mol. The molecule has 3 aromatic rings. The summed E-state index contributed by atoms with van der Waals surface area (Å²) in [6.45, 7) is 0.436. The average molecular weight is 449 g/mol. The van der Waals surface area contributed by atoms with Crippen LogP contribution in [0.1, 0.15) is 25.7 Å². The number of aromatic amines is 1.